The van der Waals surface area contributed by atoms with E-state index in [1.54, 1.807) is 6.07 Å². The van der Waals surface area contributed by atoms with Crippen molar-refractivity contribution in [2.75, 3.05) is 7.11 Å². The zero-order valence-corrected chi connectivity index (χ0v) is 11.4. The molecule has 108 valence electrons. The molecule has 0 atom stereocenters. The van der Waals surface area contributed by atoms with Crippen molar-refractivity contribution in [3.8, 4) is 5.75 Å². The second-order valence-electron chi connectivity index (χ2n) is 4.28. The number of nitrogens with zero attached hydrogens (tertiary/aromatic N) is 1. The number of nitrogens with one attached hydrogen (secondary N) is 1. The van der Waals surface area contributed by atoms with Gasteiger partial charge in [-0.05, 0) is 17.7 Å². The lowest BCUT2D eigenvalue weighted by Crippen LogP contribution is -2.23. The van der Waals surface area contributed by atoms with Gasteiger partial charge in [-0.25, -0.2) is 0 Å². The van der Waals surface area contributed by atoms with E-state index in [4.69, 9.17) is 4.74 Å². The molecule has 21 heavy (non-hydrogen) atoms. The predicted molar refractivity (Wildman–Crippen MR) is 77.3 cm³/mol. The summed E-state index contributed by atoms with van der Waals surface area (Å²) in [5, 5.41) is 13.8. The Morgan fingerprint density at radius 1 is 1.19 bits per heavy atom. The Morgan fingerprint density at radius 2 is 1.90 bits per heavy atom. The Balaban J connectivity index is 2.21. The lowest BCUT2D eigenvalue weighted by molar-refractivity contribution is -0.386. The van der Waals surface area contributed by atoms with Gasteiger partial charge in [-0.1, -0.05) is 36.4 Å². The van der Waals surface area contributed by atoms with Crippen molar-refractivity contribution >= 4 is 11.6 Å². The number of nitro benzene ring substituents is 1. The van der Waals surface area contributed by atoms with Gasteiger partial charge < -0.3 is 10.1 Å². The lowest BCUT2D eigenvalue weighted by atomic mass is 10.1. The summed E-state index contributed by atoms with van der Waals surface area (Å²) >= 11 is 0. The van der Waals surface area contributed by atoms with Crippen molar-refractivity contribution in [2.24, 2.45) is 0 Å². The van der Waals surface area contributed by atoms with Gasteiger partial charge in [-0.3, -0.25) is 14.9 Å². The van der Waals surface area contributed by atoms with Gasteiger partial charge >= 0.3 is 5.69 Å². The van der Waals surface area contributed by atoms with E-state index in [0.717, 1.165) is 5.56 Å². The van der Waals surface area contributed by atoms with Crippen LogP contribution in [-0.2, 0) is 6.54 Å². The van der Waals surface area contributed by atoms with Crippen LogP contribution < -0.4 is 10.1 Å². The fourth-order valence-corrected chi connectivity index (χ4v) is 1.93. The first-order valence-corrected chi connectivity index (χ1v) is 6.27. The van der Waals surface area contributed by atoms with Gasteiger partial charge in [0.2, 0.25) is 0 Å². The maximum atomic E-state index is 12.1. The van der Waals surface area contributed by atoms with E-state index in [1.165, 1.54) is 19.2 Å². The highest BCUT2D eigenvalue weighted by atomic mass is 16.6. The average Bonchev–Trinajstić information content (AvgIpc) is 2.52. The van der Waals surface area contributed by atoms with Crippen LogP contribution in [0.25, 0.3) is 0 Å². The summed E-state index contributed by atoms with van der Waals surface area (Å²) in [6, 6.07) is 13.7. The normalized spacial score (nSPS) is 9.95. The van der Waals surface area contributed by atoms with Crippen molar-refractivity contribution in [2.45, 2.75) is 6.54 Å². The largest absolute Gasteiger partial charge is 0.490 e. The zero-order valence-electron chi connectivity index (χ0n) is 11.4. The van der Waals surface area contributed by atoms with E-state index in [1.807, 2.05) is 30.3 Å². The number of rotatable bonds is 5. The van der Waals surface area contributed by atoms with E-state index in [-0.39, 0.29) is 17.0 Å². The van der Waals surface area contributed by atoms with Crippen LogP contribution in [0.3, 0.4) is 0 Å². The first-order chi connectivity index (χ1) is 10.1. The SMILES string of the molecule is COc1cccc(C(=O)NCc2ccccc2)c1[N+](=O)[O-]. The number of carbonyl (C=O) groups excluding carboxylic acids is 1. The molecule has 1 N–H and O–H groups in total. The monoisotopic (exact) mass is 286 g/mol. The average molecular weight is 286 g/mol. The number of ether oxygens (including phenoxy) is 1. The van der Waals surface area contributed by atoms with Gasteiger partial charge in [0.05, 0.1) is 12.0 Å². The molecule has 0 aliphatic heterocycles. The zero-order chi connectivity index (χ0) is 15.2. The van der Waals surface area contributed by atoms with Crippen molar-refractivity contribution in [1.29, 1.82) is 0 Å². The van der Waals surface area contributed by atoms with Crippen LogP contribution in [-0.4, -0.2) is 17.9 Å². The molecule has 0 heterocycles. The molecular weight excluding hydrogens is 272 g/mol. The summed E-state index contributed by atoms with van der Waals surface area (Å²) in [7, 11) is 1.33. The predicted octanol–water partition coefficient (Wildman–Crippen LogP) is 2.53. The molecule has 0 bridgehead atoms. The molecule has 0 unspecified atom stereocenters. The summed E-state index contributed by atoms with van der Waals surface area (Å²) < 4.78 is 4.94. The van der Waals surface area contributed by atoms with E-state index in [9.17, 15) is 14.9 Å². The molecule has 0 radical (unpaired) electrons. The first kappa shape index (κ1) is 14.5. The van der Waals surface area contributed by atoms with Crippen LogP contribution in [0.5, 0.6) is 5.75 Å². The smallest absolute Gasteiger partial charge is 0.323 e. The Kier molecular flexibility index (Phi) is 4.50. The minimum Gasteiger partial charge on any atom is -0.490 e. The molecule has 6 heteroatoms. The molecule has 0 aliphatic rings. The Morgan fingerprint density at radius 3 is 2.52 bits per heavy atom. The van der Waals surface area contributed by atoms with E-state index >= 15 is 0 Å². The summed E-state index contributed by atoms with van der Waals surface area (Å²) in [5.41, 5.74) is 0.567. The van der Waals surface area contributed by atoms with E-state index in [2.05, 4.69) is 5.32 Å². The number of amides is 1. The highest BCUT2D eigenvalue weighted by molar-refractivity contribution is 5.99. The highest BCUT2D eigenvalue weighted by Crippen LogP contribution is 2.30. The molecule has 2 aromatic carbocycles. The van der Waals surface area contributed by atoms with Crippen LogP contribution >= 0.6 is 0 Å². The molecule has 2 aromatic rings. The molecule has 1 amide bonds. The Labute approximate surface area is 121 Å². The molecule has 0 aromatic heterocycles. The Bertz CT molecular complexity index is 656. The fraction of sp³-hybridized carbons (Fsp3) is 0.133. The van der Waals surface area contributed by atoms with Crippen LogP contribution in [0, 0.1) is 10.1 Å². The lowest BCUT2D eigenvalue weighted by Gasteiger charge is -2.08. The number of benzene rings is 2. The number of methoxy groups -OCH3 is 1. The molecule has 2 rings (SSSR count). The highest BCUT2D eigenvalue weighted by Gasteiger charge is 2.24. The van der Waals surface area contributed by atoms with Crippen molar-refractivity contribution in [1.82, 2.24) is 5.32 Å². The summed E-state index contributed by atoms with van der Waals surface area (Å²) in [6.45, 7) is 0.300. The minimum atomic E-state index is -0.615. The van der Waals surface area contributed by atoms with Crippen molar-refractivity contribution in [3.63, 3.8) is 0 Å². The third kappa shape index (κ3) is 3.36. The van der Waals surface area contributed by atoms with Gasteiger partial charge in [-0.15, -0.1) is 0 Å². The van der Waals surface area contributed by atoms with Gasteiger partial charge in [0, 0.05) is 6.54 Å². The van der Waals surface area contributed by atoms with E-state index in [0.29, 0.717) is 6.54 Å². The topological polar surface area (TPSA) is 81.5 Å². The molecule has 0 spiro atoms. The van der Waals surface area contributed by atoms with Crippen LogP contribution in [0.1, 0.15) is 15.9 Å². The third-order valence-corrected chi connectivity index (χ3v) is 2.94. The molecule has 6 nitrogen and oxygen atoms in total. The number of carbonyl (C=O) groups is 1. The standard InChI is InChI=1S/C15H14N2O4/c1-21-13-9-5-8-12(14(13)17(19)20)15(18)16-10-11-6-3-2-4-7-11/h2-9H,10H2,1H3,(H,16,18). The van der Waals surface area contributed by atoms with Crippen molar-refractivity contribution in [3.05, 3.63) is 69.8 Å². The summed E-state index contributed by atoms with van der Waals surface area (Å²) in [6.07, 6.45) is 0. The molecule has 0 saturated heterocycles. The fourth-order valence-electron chi connectivity index (χ4n) is 1.93. The number of nitro groups is 1. The maximum absolute atomic E-state index is 12.1. The summed E-state index contributed by atoms with van der Waals surface area (Å²) in [5.74, 6) is -0.447. The van der Waals surface area contributed by atoms with Crippen LogP contribution in [0.2, 0.25) is 0 Å². The second-order valence-corrected chi connectivity index (χ2v) is 4.28. The molecule has 0 aliphatic carbocycles. The van der Waals surface area contributed by atoms with Crippen molar-refractivity contribution < 1.29 is 14.5 Å². The van der Waals surface area contributed by atoms with Crippen LogP contribution in [0.15, 0.2) is 48.5 Å². The van der Waals surface area contributed by atoms with Gasteiger partial charge in [0.25, 0.3) is 5.91 Å². The number of para-hydroxylation sites is 1. The number of hydrogen-bond donors (Lipinski definition) is 1. The third-order valence-electron chi connectivity index (χ3n) is 2.94. The molecular formula is C15H14N2O4. The minimum absolute atomic E-state index is 0.0183. The quantitative estimate of drug-likeness (QED) is 0.676. The summed E-state index contributed by atoms with van der Waals surface area (Å²) in [4.78, 5) is 22.7. The van der Waals surface area contributed by atoms with E-state index < -0.39 is 10.8 Å². The van der Waals surface area contributed by atoms with Gasteiger partial charge in [0.15, 0.2) is 5.75 Å². The maximum Gasteiger partial charge on any atom is 0.323 e. The van der Waals surface area contributed by atoms with Gasteiger partial charge in [0.1, 0.15) is 5.56 Å². The number of hydrogen-bond acceptors (Lipinski definition) is 4. The van der Waals surface area contributed by atoms with Gasteiger partial charge in [-0.2, -0.15) is 0 Å². The molecule has 0 fully saturated rings. The second kappa shape index (κ2) is 6.51. The first-order valence-electron chi connectivity index (χ1n) is 6.27. The van der Waals surface area contributed by atoms with Crippen LogP contribution in [0.4, 0.5) is 5.69 Å². The Hall–Kier alpha value is -2.89. The molecule has 0 saturated carbocycles.